The number of methoxy groups -OCH3 is 2. The summed E-state index contributed by atoms with van der Waals surface area (Å²) in [5, 5.41) is 3.40. The first-order chi connectivity index (χ1) is 19.0. The number of halogens is 3. The predicted octanol–water partition coefficient (Wildman–Crippen LogP) is 6.30. The molecule has 210 valence electrons. The fraction of sp³-hybridized carbons (Fsp3) is 0.214. The maximum absolute atomic E-state index is 15.6. The van der Waals surface area contributed by atoms with Crippen molar-refractivity contribution in [2.75, 3.05) is 23.8 Å². The van der Waals surface area contributed by atoms with Crippen LogP contribution in [0.3, 0.4) is 0 Å². The highest BCUT2D eigenvalue weighted by molar-refractivity contribution is 7.92. The van der Waals surface area contributed by atoms with Gasteiger partial charge in [-0.15, -0.1) is 0 Å². The number of sulfonamides is 1. The molecule has 4 rings (SSSR count). The van der Waals surface area contributed by atoms with E-state index in [1.165, 1.54) is 57.1 Å². The van der Waals surface area contributed by atoms with Gasteiger partial charge in [0.2, 0.25) is 0 Å². The number of hydrogen-bond donors (Lipinski definition) is 1. The third-order valence-electron chi connectivity index (χ3n) is 6.27. The molecule has 12 heteroatoms. The van der Waals surface area contributed by atoms with Gasteiger partial charge in [0, 0.05) is 40.2 Å². The van der Waals surface area contributed by atoms with Crippen molar-refractivity contribution in [1.29, 1.82) is 0 Å². The Kier molecular flexibility index (Phi) is 8.75. The van der Waals surface area contributed by atoms with Gasteiger partial charge < -0.3 is 14.8 Å². The molecule has 0 spiro atoms. The molecule has 40 heavy (non-hydrogen) atoms. The molecule has 1 heterocycles. The highest BCUT2D eigenvalue weighted by Crippen LogP contribution is 2.33. The zero-order valence-corrected chi connectivity index (χ0v) is 23.7. The molecule has 1 atom stereocenters. The smallest absolute Gasteiger partial charge is 0.268 e. The minimum absolute atomic E-state index is 0.0391. The summed E-state index contributed by atoms with van der Waals surface area (Å²) in [5.74, 6) is -0.526. The Hall–Kier alpha value is -3.96. The minimum atomic E-state index is -4.48. The molecule has 0 fully saturated rings. The lowest BCUT2D eigenvalue weighted by Crippen LogP contribution is -2.32. The van der Waals surface area contributed by atoms with Crippen LogP contribution in [0.4, 0.5) is 20.3 Å². The first kappa shape index (κ1) is 29.0. The quantitative estimate of drug-likeness (QED) is 0.232. The van der Waals surface area contributed by atoms with Crippen LogP contribution in [0.5, 0.6) is 11.5 Å². The Morgan fingerprint density at radius 1 is 1.02 bits per heavy atom. The third-order valence-corrected chi connectivity index (χ3v) is 8.27. The summed E-state index contributed by atoms with van der Waals surface area (Å²) in [6, 6.07) is 12.2. The molecule has 4 aromatic rings. The van der Waals surface area contributed by atoms with Crippen molar-refractivity contribution in [3.8, 4) is 11.5 Å². The van der Waals surface area contributed by atoms with Gasteiger partial charge in [-0.3, -0.25) is 0 Å². The maximum Gasteiger partial charge on any atom is 0.268 e. The summed E-state index contributed by atoms with van der Waals surface area (Å²) in [4.78, 5) is 7.41. The van der Waals surface area contributed by atoms with E-state index in [0.717, 1.165) is 10.4 Å². The lowest BCUT2D eigenvalue weighted by Gasteiger charge is -2.25. The van der Waals surface area contributed by atoms with Crippen LogP contribution in [0, 0.1) is 18.6 Å². The highest BCUT2D eigenvalue weighted by Gasteiger charge is 2.31. The summed E-state index contributed by atoms with van der Waals surface area (Å²) in [5.41, 5.74) is 1.51. The van der Waals surface area contributed by atoms with Gasteiger partial charge in [0.05, 0.1) is 26.8 Å². The fourth-order valence-electron chi connectivity index (χ4n) is 4.14. The van der Waals surface area contributed by atoms with E-state index in [-0.39, 0.29) is 17.9 Å². The first-order valence-corrected chi connectivity index (χ1v) is 13.9. The number of benzene rings is 3. The predicted molar refractivity (Wildman–Crippen MR) is 150 cm³/mol. The van der Waals surface area contributed by atoms with Crippen LogP contribution in [0.25, 0.3) is 0 Å². The van der Waals surface area contributed by atoms with Crippen molar-refractivity contribution in [1.82, 2.24) is 9.97 Å². The number of ether oxygens (including phenoxy) is 2. The zero-order valence-electron chi connectivity index (χ0n) is 22.2. The van der Waals surface area contributed by atoms with Crippen LogP contribution < -0.4 is 19.1 Å². The van der Waals surface area contributed by atoms with Gasteiger partial charge in [0.15, 0.2) is 0 Å². The molecule has 3 aromatic carbocycles. The van der Waals surface area contributed by atoms with Crippen molar-refractivity contribution in [3.63, 3.8) is 0 Å². The van der Waals surface area contributed by atoms with E-state index < -0.39 is 32.6 Å². The molecule has 1 aromatic heterocycles. The van der Waals surface area contributed by atoms with E-state index in [1.807, 2.05) is 0 Å². The third kappa shape index (κ3) is 6.10. The van der Waals surface area contributed by atoms with E-state index >= 15 is 4.39 Å². The van der Waals surface area contributed by atoms with Crippen LogP contribution in [0.15, 0.2) is 72.0 Å². The summed E-state index contributed by atoms with van der Waals surface area (Å²) >= 11 is 6.01. The van der Waals surface area contributed by atoms with Crippen molar-refractivity contribution in [2.24, 2.45) is 0 Å². The molecule has 0 aliphatic carbocycles. The number of aryl methyl sites for hydroxylation is 1. The SMILES string of the molecule is COc1ccc(CN(c2ccncn2)S(=O)(=O)c2cc(C)c(NC(C)c3cc(Cl)ccc3F)cc2F)c(OC)c1. The normalized spacial score (nSPS) is 12.1. The van der Waals surface area contributed by atoms with Crippen molar-refractivity contribution in [3.05, 3.63) is 100 Å². The van der Waals surface area contributed by atoms with Gasteiger partial charge >= 0.3 is 0 Å². The average molecular weight is 589 g/mol. The van der Waals surface area contributed by atoms with E-state index in [1.54, 1.807) is 32.0 Å². The van der Waals surface area contributed by atoms with Crippen LogP contribution >= 0.6 is 11.6 Å². The molecule has 0 saturated carbocycles. The summed E-state index contributed by atoms with van der Waals surface area (Å²) in [6.07, 6.45) is 2.59. The van der Waals surface area contributed by atoms with E-state index in [9.17, 15) is 12.8 Å². The Labute approximate surface area is 236 Å². The Balaban J connectivity index is 1.73. The van der Waals surface area contributed by atoms with Crippen molar-refractivity contribution >= 4 is 33.1 Å². The topological polar surface area (TPSA) is 93.7 Å². The molecule has 0 radical (unpaired) electrons. The molecule has 0 saturated heterocycles. The standard InChI is InChI=1S/C28H27ClF2N4O4S/c1-17-11-27(24(31)14-25(17)34-18(2)22-12-20(29)6-8-23(22)30)40(36,37)35(28-9-10-32-16-33-28)15-19-5-7-21(38-3)13-26(19)39-4/h5-14,16,18,34H,15H2,1-4H3. The summed E-state index contributed by atoms with van der Waals surface area (Å²) < 4.78 is 69.5. The lowest BCUT2D eigenvalue weighted by molar-refractivity contribution is 0.391. The van der Waals surface area contributed by atoms with Gasteiger partial charge in [-0.1, -0.05) is 11.6 Å². The molecular weight excluding hydrogens is 562 g/mol. The molecule has 0 bridgehead atoms. The maximum atomic E-state index is 15.6. The Morgan fingerprint density at radius 2 is 1.80 bits per heavy atom. The highest BCUT2D eigenvalue weighted by atomic mass is 35.5. The second-order valence-corrected chi connectivity index (χ2v) is 11.2. The number of nitrogens with zero attached hydrogens (tertiary/aromatic N) is 3. The van der Waals surface area contributed by atoms with Crippen LogP contribution in [-0.2, 0) is 16.6 Å². The fourth-order valence-corrected chi connectivity index (χ4v) is 5.85. The Bertz CT molecular complexity index is 1620. The number of nitrogens with one attached hydrogen (secondary N) is 1. The molecule has 0 aliphatic heterocycles. The van der Waals surface area contributed by atoms with Gasteiger partial charge in [0.1, 0.15) is 40.2 Å². The van der Waals surface area contributed by atoms with Crippen molar-refractivity contribution < 1.29 is 26.7 Å². The minimum Gasteiger partial charge on any atom is -0.497 e. The van der Waals surface area contributed by atoms with Crippen LogP contribution in [0.1, 0.15) is 29.7 Å². The average Bonchev–Trinajstić information content (AvgIpc) is 2.94. The van der Waals surface area contributed by atoms with Gasteiger partial charge in [-0.05, 0) is 61.9 Å². The molecule has 0 amide bonds. The zero-order chi connectivity index (χ0) is 29.0. The van der Waals surface area contributed by atoms with Crippen LogP contribution in [0.2, 0.25) is 5.02 Å². The van der Waals surface area contributed by atoms with Crippen LogP contribution in [-0.4, -0.2) is 32.6 Å². The van der Waals surface area contributed by atoms with Crippen molar-refractivity contribution in [2.45, 2.75) is 31.3 Å². The first-order valence-electron chi connectivity index (χ1n) is 12.1. The molecule has 8 nitrogen and oxygen atoms in total. The Morgan fingerprint density at radius 3 is 2.48 bits per heavy atom. The number of rotatable bonds is 10. The lowest BCUT2D eigenvalue weighted by atomic mass is 10.1. The summed E-state index contributed by atoms with van der Waals surface area (Å²) in [7, 11) is -1.53. The molecule has 1 unspecified atom stereocenters. The van der Waals surface area contributed by atoms with E-state index in [2.05, 4.69) is 15.3 Å². The molecule has 0 aliphatic rings. The monoisotopic (exact) mass is 588 g/mol. The van der Waals surface area contributed by atoms with E-state index in [0.29, 0.717) is 33.3 Å². The molecular formula is C28H27ClF2N4O4S. The number of aromatic nitrogens is 2. The second kappa shape index (κ2) is 12.1. The number of anilines is 2. The molecule has 1 N–H and O–H groups in total. The second-order valence-electron chi connectivity index (χ2n) is 8.89. The summed E-state index contributed by atoms with van der Waals surface area (Å²) in [6.45, 7) is 3.11. The largest absolute Gasteiger partial charge is 0.497 e. The number of hydrogen-bond acceptors (Lipinski definition) is 7. The van der Waals surface area contributed by atoms with E-state index in [4.69, 9.17) is 21.1 Å². The van der Waals surface area contributed by atoms with Gasteiger partial charge in [0.25, 0.3) is 10.0 Å². The van der Waals surface area contributed by atoms with Gasteiger partial charge in [-0.25, -0.2) is 31.5 Å². The van der Waals surface area contributed by atoms with Gasteiger partial charge in [-0.2, -0.15) is 0 Å².